The summed E-state index contributed by atoms with van der Waals surface area (Å²) in [4.78, 5) is 17.1. The van der Waals surface area contributed by atoms with Crippen molar-refractivity contribution in [1.82, 2.24) is 20.4 Å². The van der Waals surface area contributed by atoms with Crippen LogP contribution < -0.4 is 15.4 Å². The summed E-state index contributed by atoms with van der Waals surface area (Å²) in [5, 5.41) is 7.11. The molecule has 3 saturated heterocycles. The fourth-order valence-electron chi connectivity index (χ4n) is 5.30. The molecule has 0 bridgehead atoms. The molecular formula is C26H34N4O2. The number of piperazine rings is 1. The number of nitrogens with one attached hydrogen (secondary N) is 2. The largest absolute Gasteiger partial charge is 0.457 e. The van der Waals surface area contributed by atoms with E-state index in [1.54, 1.807) is 0 Å². The standard InChI is InChI=1S/C26H34N4O2/c31-25(29-16-1-2-17-29)22-5-9-24(10-6-22)32-23-7-3-21(4-8-23)19-30-18-15-28-20-26(30)11-13-27-14-12-26/h3-10,27-28H,1-2,11-20H2. The number of rotatable bonds is 5. The van der Waals surface area contributed by atoms with Gasteiger partial charge in [-0.25, -0.2) is 0 Å². The van der Waals surface area contributed by atoms with Crippen LogP contribution in [0.25, 0.3) is 0 Å². The molecule has 170 valence electrons. The summed E-state index contributed by atoms with van der Waals surface area (Å²) >= 11 is 0. The SMILES string of the molecule is O=C(c1ccc(Oc2ccc(CN3CCNCC34CCNCC4)cc2)cc1)N1CCCC1. The normalized spacial score (nSPS) is 21.1. The van der Waals surface area contributed by atoms with E-state index >= 15 is 0 Å². The lowest BCUT2D eigenvalue weighted by molar-refractivity contribution is 0.0263. The lowest BCUT2D eigenvalue weighted by Gasteiger charge is -2.50. The highest BCUT2D eigenvalue weighted by Crippen LogP contribution is 2.30. The van der Waals surface area contributed by atoms with Crippen LogP contribution in [0.2, 0.25) is 0 Å². The smallest absolute Gasteiger partial charge is 0.253 e. The number of piperidine rings is 1. The van der Waals surface area contributed by atoms with Crippen molar-refractivity contribution in [3.05, 3.63) is 59.7 Å². The third-order valence-electron chi connectivity index (χ3n) is 7.24. The van der Waals surface area contributed by atoms with Crippen LogP contribution in [0, 0.1) is 0 Å². The zero-order valence-corrected chi connectivity index (χ0v) is 18.8. The molecule has 1 amide bonds. The zero-order chi connectivity index (χ0) is 21.8. The Kier molecular flexibility index (Phi) is 6.44. The maximum absolute atomic E-state index is 12.5. The Hall–Kier alpha value is -2.41. The minimum Gasteiger partial charge on any atom is -0.457 e. The van der Waals surface area contributed by atoms with Crippen LogP contribution >= 0.6 is 0 Å². The van der Waals surface area contributed by atoms with Gasteiger partial charge in [0.25, 0.3) is 5.91 Å². The molecule has 0 radical (unpaired) electrons. The molecule has 0 saturated carbocycles. The first kappa shape index (κ1) is 21.4. The molecule has 2 aromatic carbocycles. The number of carbonyl (C=O) groups is 1. The summed E-state index contributed by atoms with van der Waals surface area (Å²) in [6, 6.07) is 16.0. The first-order valence-corrected chi connectivity index (χ1v) is 12.0. The van der Waals surface area contributed by atoms with Gasteiger partial charge in [0.1, 0.15) is 11.5 Å². The van der Waals surface area contributed by atoms with Crippen molar-refractivity contribution in [3.63, 3.8) is 0 Å². The molecule has 1 spiro atoms. The summed E-state index contributed by atoms with van der Waals surface area (Å²) in [6.07, 6.45) is 4.63. The Morgan fingerprint density at radius 2 is 1.50 bits per heavy atom. The van der Waals surface area contributed by atoms with Gasteiger partial charge >= 0.3 is 0 Å². The van der Waals surface area contributed by atoms with Crippen molar-refractivity contribution < 1.29 is 9.53 Å². The number of carbonyl (C=O) groups excluding carboxylic acids is 1. The van der Waals surface area contributed by atoms with Gasteiger partial charge in [-0.15, -0.1) is 0 Å². The summed E-state index contributed by atoms with van der Waals surface area (Å²) in [6.45, 7) is 8.18. The number of benzene rings is 2. The van der Waals surface area contributed by atoms with Crippen molar-refractivity contribution in [2.45, 2.75) is 37.8 Å². The highest BCUT2D eigenvalue weighted by molar-refractivity contribution is 5.94. The molecule has 5 rings (SSSR count). The molecule has 3 fully saturated rings. The summed E-state index contributed by atoms with van der Waals surface area (Å²) in [5.41, 5.74) is 2.34. The fraction of sp³-hybridized carbons (Fsp3) is 0.500. The predicted molar refractivity (Wildman–Crippen MR) is 126 cm³/mol. The molecule has 3 heterocycles. The minimum atomic E-state index is 0.123. The molecule has 32 heavy (non-hydrogen) atoms. The maximum atomic E-state index is 12.5. The van der Waals surface area contributed by atoms with Crippen LogP contribution in [0.15, 0.2) is 48.5 Å². The van der Waals surface area contributed by atoms with Gasteiger partial charge in [-0.3, -0.25) is 9.69 Å². The van der Waals surface area contributed by atoms with E-state index in [-0.39, 0.29) is 11.4 Å². The number of hydrogen-bond acceptors (Lipinski definition) is 5. The van der Waals surface area contributed by atoms with Crippen molar-refractivity contribution >= 4 is 5.91 Å². The molecular weight excluding hydrogens is 400 g/mol. The molecule has 0 aromatic heterocycles. The first-order chi connectivity index (χ1) is 15.7. The Bertz CT molecular complexity index is 892. The third kappa shape index (κ3) is 4.68. The molecule has 0 aliphatic carbocycles. The van der Waals surface area contributed by atoms with Gasteiger partial charge in [-0.1, -0.05) is 12.1 Å². The highest BCUT2D eigenvalue weighted by atomic mass is 16.5. The second-order valence-electron chi connectivity index (χ2n) is 9.34. The van der Waals surface area contributed by atoms with Gasteiger partial charge in [0, 0.05) is 50.4 Å². The van der Waals surface area contributed by atoms with E-state index in [2.05, 4.69) is 39.8 Å². The summed E-state index contributed by atoms with van der Waals surface area (Å²) in [7, 11) is 0. The number of hydrogen-bond donors (Lipinski definition) is 2. The summed E-state index contributed by atoms with van der Waals surface area (Å²) in [5.74, 6) is 1.70. The van der Waals surface area contributed by atoms with E-state index in [9.17, 15) is 4.79 Å². The quantitative estimate of drug-likeness (QED) is 0.757. The highest BCUT2D eigenvalue weighted by Gasteiger charge is 2.39. The van der Waals surface area contributed by atoms with E-state index in [1.807, 2.05) is 29.2 Å². The number of ether oxygens (including phenoxy) is 1. The molecule has 2 aromatic rings. The van der Waals surface area contributed by atoms with Crippen LogP contribution in [-0.2, 0) is 6.54 Å². The van der Waals surface area contributed by atoms with Crippen LogP contribution in [0.5, 0.6) is 11.5 Å². The monoisotopic (exact) mass is 434 g/mol. The van der Waals surface area contributed by atoms with E-state index in [0.717, 1.165) is 82.3 Å². The van der Waals surface area contributed by atoms with Crippen molar-refractivity contribution in [1.29, 1.82) is 0 Å². The van der Waals surface area contributed by atoms with Crippen LogP contribution in [0.4, 0.5) is 0 Å². The van der Waals surface area contributed by atoms with Gasteiger partial charge < -0.3 is 20.3 Å². The first-order valence-electron chi connectivity index (χ1n) is 12.0. The Morgan fingerprint density at radius 1 is 0.844 bits per heavy atom. The Labute approximate surface area is 190 Å². The van der Waals surface area contributed by atoms with E-state index in [1.165, 1.54) is 18.4 Å². The number of nitrogens with zero attached hydrogens (tertiary/aromatic N) is 2. The van der Waals surface area contributed by atoms with E-state index in [0.29, 0.717) is 0 Å². The van der Waals surface area contributed by atoms with Gasteiger partial charge in [-0.2, -0.15) is 0 Å². The van der Waals surface area contributed by atoms with Gasteiger partial charge in [0.05, 0.1) is 0 Å². The summed E-state index contributed by atoms with van der Waals surface area (Å²) < 4.78 is 6.04. The second-order valence-corrected chi connectivity index (χ2v) is 9.34. The lowest BCUT2D eigenvalue weighted by Crippen LogP contribution is -2.64. The Balaban J connectivity index is 1.20. The Morgan fingerprint density at radius 3 is 2.19 bits per heavy atom. The topological polar surface area (TPSA) is 56.8 Å². The lowest BCUT2D eigenvalue weighted by atomic mass is 9.84. The van der Waals surface area contributed by atoms with Crippen molar-refractivity contribution in [2.24, 2.45) is 0 Å². The molecule has 6 nitrogen and oxygen atoms in total. The average Bonchev–Trinajstić information content (AvgIpc) is 3.38. The number of likely N-dealkylation sites (tertiary alicyclic amines) is 1. The minimum absolute atomic E-state index is 0.123. The van der Waals surface area contributed by atoms with E-state index in [4.69, 9.17) is 4.74 Å². The van der Waals surface area contributed by atoms with Gasteiger partial charge in [0.2, 0.25) is 0 Å². The van der Waals surface area contributed by atoms with Crippen molar-refractivity contribution in [3.8, 4) is 11.5 Å². The van der Waals surface area contributed by atoms with Gasteiger partial charge in [0.15, 0.2) is 0 Å². The maximum Gasteiger partial charge on any atom is 0.253 e. The predicted octanol–water partition coefficient (Wildman–Crippen LogP) is 3.24. The van der Waals surface area contributed by atoms with Gasteiger partial charge in [-0.05, 0) is 80.7 Å². The average molecular weight is 435 g/mol. The van der Waals surface area contributed by atoms with E-state index < -0.39 is 0 Å². The van der Waals surface area contributed by atoms with Crippen LogP contribution in [-0.4, -0.2) is 67.1 Å². The van der Waals surface area contributed by atoms with Crippen LogP contribution in [0.3, 0.4) is 0 Å². The number of amides is 1. The fourth-order valence-corrected chi connectivity index (χ4v) is 5.30. The molecule has 0 atom stereocenters. The van der Waals surface area contributed by atoms with Crippen LogP contribution in [0.1, 0.15) is 41.6 Å². The zero-order valence-electron chi connectivity index (χ0n) is 18.8. The molecule has 0 unspecified atom stereocenters. The molecule has 6 heteroatoms. The third-order valence-corrected chi connectivity index (χ3v) is 7.24. The second kappa shape index (κ2) is 9.61. The van der Waals surface area contributed by atoms with Crippen molar-refractivity contribution in [2.75, 3.05) is 45.8 Å². The molecule has 3 aliphatic heterocycles. The molecule has 2 N–H and O–H groups in total. The molecule has 3 aliphatic rings.